The van der Waals surface area contributed by atoms with E-state index >= 15 is 0 Å². The van der Waals surface area contributed by atoms with Crippen molar-refractivity contribution in [2.75, 3.05) is 24.7 Å². The zero-order chi connectivity index (χ0) is 23.4. The largest absolute Gasteiger partial charge is 0.462 e. The Kier molecular flexibility index (Phi) is 7.89. The number of hydrogen-bond acceptors (Lipinski definition) is 5. The Labute approximate surface area is 197 Å². The van der Waals surface area contributed by atoms with Crippen molar-refractivity contribution >= 4 is 23.4 Å². The van der Waals surface area contributed by atoms with Gasteiger partial charge in [0.15, 0.2) is 5.82 Å². The normalized spacial score (nSPS) is 26.5. The van der Waals surface area contributed by atoms with Gasteiger partial charge in [-0.25, -0.2) is 9.48 Å². The predicted molar refractivity (Wildman–Crippen MR) is 128 cm³/mol. The quantitative estimate of drug-likeness (QED) is 0.558. The highest BCUT2D eigenvalue weighted by atomic mass is 16.5. The molecular weight excluding hydrogens is 418 g/mol. The third-order valence-electron chi connectivity index (χ3n) is 7.52. The van der Waals surface area contributed by atoms with Crippen LogP contribution in [-0.2, 0) is 14.3 Å². The molecule has 3 aliphatic rings. The fraction of sp³-hybridized carbons (Fsp3) is 0.731. The molecule has 7 nitrogen and oxygen atoms in total. The van der Waals surface area contributed by atoms with Gasteiger partial charge in [-0.15, -0.1) is 5.10 Å². The number of carbonyl (C=O) groups is 2. The average molecular weight is 458 g/mol. The van der Waals surface area contributed by atoms with E-state index in [4.69, 9.17) is 14.6 Å². The molecule has 0 N–H and O–H groups in total. The van der Waals surface area contributed by atoms with Crippen molar-refractivity contribution < 1.29 is 19.1 Å². The van der Waals surface area contributed by atoms with Gasteiger partial charge in [0.05, 0.1) is 6.61 Å². The Balaban J connectivity index is 1.72. The molecule has 0 bridgehead atoms. The number of nitrogens with zero attached hydrogens (tertiary/aromatic N) is 3. The van der Waals surface area contributed by atoms with Gasteiger partial charge in [-0.05, 0) is 76.5 Å². The molecule has 1 atom stereocenters. The van der Waals surface area contributed by atoms with E-state index in [-0.39, 0.29) is 24.5 Å². The Morgan fingerprint density at radius 3 is 2.45 bits per heavy atom. The summed E-state index contributed by atoms with van der Waals surface area (Å²) in [5.74, 6) is 1.46. The van der Waals surface area contributed by atoms with Gasteiger partial charge >= 0.3 is 5.97 Å². The van der Waals surface area contributed by atoms with E-state index in [1.807, 2.05) is 9.58 Å². The number of allylic oxidation sites excluding steroid dienone is 2. The first-order chi connectivity index (χ1) is 16.0. The highest BCUT2D eigenvalue weighted by molar-refractivity contribution is 6.02. The van der Waals surface area contributed by atoms with E-state index in [1.165, 1.54) is 0 Å². The van der Waals surface area contributed by atoms with Crippen molar-refractivity contribution in [3.05, 3.63) is 17.8 Å². The molecule has 1 saturated heterocycles. The summed E-state index contributed by atoms with van der Waals surface area (Å²) < 4.78 is 12.8. The average Bonchev–Trinajstić information content (AvgIpc) is 3.26. The van der Waals surface area contributed by atoms with Crippen molar-refractivity contribution in [2.24, 2.45) is 17.8 Å². The minimum atomic E-state index is -0.411. The molecule has 2 heterocycles. The number of anilines is 1. The summed E-state index contributed by atoms with van der Waals surface area (Å²) in [7, 11) is 0. The molecule has 33 heavy (non-hydrogen) atoms. The van der Waals surface area contributed by atoms with Gasteiger partial charge in [0.25, 0.3) is 0 Å². The van der Waals surface area contributed by atoms with E-state index in [0.717, 1.165) is 63.5 Å². The zero-order valence-corrected chi connectivity index (χ0v) is 20.4. The van der Waals surface area contributed by atoms with E-state index in [9.17, 15) is 9.59 Å². The maximum absolute atomic E-state index is 13.9. The molecule has 1 aromatic rings. The Morgan fingerprint density at radius 2 is 1.82 bits per heavy atom. The maximum atomic E-state index is 13.9. The molecule has 1 aliphatic heterocycles. The summed E-state index contributed by atoms with van der Waals surface area (Å²) in [6.45, 7) is 7.84. The maximum Gasteiger partial charge on any atom is 0.343 e. The Morgan fingerprint density at radius 1 is 1.09 bits per heavy atom. The van der Waals surface area contributed by atoms with Crippen LogP contribution in [-0.4, -0.2) is 47.5 Å². The summed E-state index contributed by atoms with van der Waals surface area (Å²) >= 11 is 0. The monoisotopic (exact) mass is 457 g/mol. The SMILES string of the molecule is CCOC(=O)c1cn(C2=CCC(C)CC2)nc1N(C(=O)C1CCC(C)CC1)C1CCOCC1. The van der Waals surface area contributed by atoms with E-state index in [0.29, 0.717) is 36.4 Å². The highest BCUT2D eigenvalue weighted by Crippen LogP contribution is 2.35. The summed E-state index contributed by atoms with van der Waals surface area (Å²) in [6.07, 6.45) is 12.5. The standard InChI is InChI=1S/C26H39N3O4/c1-4-33-26(31)23-17-28(21-11-7-19(3)8-12-21)27-24(23)29(22-13-15-32-16-14-22)25(30)20-9-5-18(2)6-10-20/h11,17-20,22H,4-10,12-16H2,1-3H3. The number of ether oxygens (including phenoxy) is 2. The molecule has 1 amide bonds. The second kappa shape index (κ2) is 10.9. The molecule has 2 aliphatic carbocycles. The van der Waals surface area contributed by atoms with Crippen molar-refractivity contribution in [3.63, 3.8) is 0 Å². The molecule has 0 spiro atoms. The molecule has 7 heteroatoms. The lowest BCUT2D eigenvalue weighted by molar-refractivity contribution is -0.124. The lowest BCUT2D eigenvalue weighted by Gasteiger charge is -2.37. The van der Waals surface area contributed by atoms with E-state index in [1.54, 1.807) is 13.1 Å². The Hall–Kier alpha value is -2.15. The van der Waals surface area contributed by atoms with Crippen LogP contribution in [0.4, 0.5) is 5.82 Å². The van der Waals surface area contributed by atoms with Gasteiger partial charge in [0.1, 0.15) is 5.56 Å². The van der Waals surface area contributed by atoms with Crippen LogP contribution < -0.4 is 4.90 Å². The van der Waals surface area contributed by atoms with Crippen LogP contribution in [0, 0.1) is 17.8 Å². The summed E-state index contributed by atoms with van der Waals surface area (Å²) in [4.78, 5) is 28.8. The van der Waals surface area contributed by atoms with Crippen molar-refractivity contribution in [2.45, 2.75) is 84.6 Å². The number of carbonyl (C=O) groups excluding carboxylic acids is 2. The predicted octanol–water partition coefficient (Wildman–Crippen LogP) is 5.06. The molecule has 1 unspecified atom stereocenters. The Bertz CT molecular complexity index is 863. The van der Waals surface area contributed by atoms with Crippen LogP contribution in [0.2, 0.25) is 0 Å². The van der Waals surface area contributed by atoms with Crippen LogP contribution >= 0.6 is 0 Å². The summed E-state index contributed by atoms with van der Waals surface area (Å²) in [5.41, 5.74) is 1.48. The molecule has 0 aromatic carbocycles. The van der Waals surface area contributed by atoms with Crippen LogP contribution in [0.3, 0.4) is 0 Å². The van der Waals surface area contributed by atoms with Gasteiger partial charge < -0.3 is 9.47 Å². The molecule has 1 aromatic heterocycles. The van der Waals surface area contributed by atoms with Crippen LogP contribution in [0.25, 0.3) is 5.70 Å². The molecular formula is C26H39N3O4. The summed E-state index contributed by atoms with van der Waals surface area (Å²) in [5, 5.41) is 4.88. The highest BCUT2D eigenvalue weighted by Gasteiger charge is 2.37. The molecule has 0 radical (unpaired) electrons. The first kappa shape index (κ1) is 24.0. The fourth-order valence-corrected chi connectivity index (χ4v) is 5.31. The van der Waals surface area contributed by atoms with Crippen LogP contribution in [0.5, 0.6) is 0 Å². The van der Waals surface area contributed by atoms with Gasteiger partial charge in [-0.1, -0.05) is 19.9 Å². The second-order valence-corrected chi connectivity index (χ2v) is 10.1. The minimum absolute atomic E-state index is 0.0116. The second-order valence-electron chi connectivity index (χ2n) is 10.1. The third kappa shape index (κ3) is 5.51. The van der Waals surface area contributed by atoms with Crippen molar-refractivity contribution in [1.82, 2.24) is 9.78 Å². The molecule has 182 valence electrons. The lowest BCUT2D eigenvalue weighted by atomic mass is 9.82. The van der Waals surface area contributed by atoms with E-state index < -0.39 is 5.97 Å². The van der Waals surface area contributed by atoms with Gasteiger partial charge in [0.2, 0.25) is 5.91 Å². The third-order valence-corrected chi connectivity index (χ3v) is 7.52. The number of hydrogen-bond donors (Lipinski definition) is 0. The van der Waals surface area contributed by atoms with Crippen molar-refractivity contribution in [3.8, 4) is 0 Å². The molecule has 4 rings (SSSR count). The lowest BCUT2D eigenvalue weighted by Crippen LogP contribution is -2.47. The van der Waals surface area contributed by atoms with Crippen LogP contribution in [0.15, 0.2) is 12.3 Å². The topological polar surface area (TPSA) is 73.7 Å². The number of esters is 1. The molecule has 2 fully saturated rings. The van der Waals surface area contributed by atoms with Gasteiger partial charge in [-0.3, -0.25) is 9.69 Å². The molecule has 1 saturated carbocycles. The minimum Gasteiger partial charge on any atom is -0.462 e. The smallest absolute Gasteiger partial charge is 0.343 e. The van der Waals surface area contributed by atoms with E-state index in [2.05, 4.69) is 19.9 Å². The first-order valence-electron chi connectivity index (χ1n) is 12.8. The van der Waals surface area contributed by atoms with Gasteiger partial charge in [0, 0.05) is 37.1 Å². The number of aromatic nitrogens is 2. The van der Waals surface area contributed by atoms with Gasteiger partial charge in [-0.2, -0.15) is 0 Å². The van der Waals surface area contributed by atoms with Crippen LogP contribution in [0.1, 0.15) is 88.9 Å². The number of amides is 1. The first-order valence-corrected chi connectivity index (χ1v) is 12.8. The van der Waals surface area contributed by atoms with Crippen molar-refractivity contribution in [1.29, 1.82) is 0 Å². The fourth-order valence-electron chi connectivity index (χ4n) is 5.31. The number of rotatable bonds is 6. The summed E-state index contributed by atoms with van der Waals surface area (Å²) in [6, 6.07) is -0.0116. The zero-order valence-electron chi connectivity index (χ0n) is 20.4.